The minimum atomic E-state index is -4.58. The number of carbonyl (C=O) groups excluding carboxylic acids is 1. The van der Waals surface area contributed by atoms with Gasteiger partial charge in [0.1, 0.15) is 11.4 Å². The van der Waals surface area contributed by atoms with Crippen LogP contribution in [0.5, 0.6) is 0 Å². The van der Waals surface area contributed by atoms with Gasteiger partial charge in [-0.05, 0) is 52.2 Å². The van der Waals surface area contributed by atoms with Crippen molar-refractivity contribution in [1.82, 2.24) is 29.5 Å². The van der Waals surface area contributed by atoms with Gasteiger partial charge in [-0.15, -0.1) is 0 Å². The maximum absolute atomic E-state index is 13.5. The van der Waals surface area contributed by atoms with E-state index in [4.69, 9.17) is 0 Å². The number of hydrogen-bond donors (Lipinski definition) is 2. The summed E-state index contributed by atoms with van der Waals surface area (Å²) < 4.78 is 42.5. The van der Waals surface area contributed by atoms with Gasteiger partial charge < -0.3 is 20.4 Å². The molecule has 2 aromatic heterocycles. The Kier molecular flexibility index (Phi) is 8.09. The van der Waals surface area contributed by atoms with E-state index < -0.39 is 11.7 Å². The van der Waals surface area contributed by atoms with Crippen LogP contribution in [0.1, 0.15) is 56.6 Å². The minimum Gasteiger partial charge on any atom is -0.369 e. The average Bonchev–Trinajstić information content (AvgIpc) is 3.18. The molecule has 0 atom stereocenters. The predicted molar refractivity (Wildman–Crippen MR) is 126 cm³/mol. The molecule has 2 N–H and O–H groups in total. The van der Waals surface area contributed by atoms with E-state index in [0.717, 1.165) is 51.4 Å². The minimum absolute atomic E-state index is 0.0612. The van der Waals surface area contributed by atoms with Gasteiger partial charge in [0.2, 0.25) is 11.9 Å². The molecule has 2 fully saturated rings. The normalized spacial score (nSPS) is 18.5. The van der Waals surface area contributed by atoms with Crippen LogP contribution >= 0.6 is 0 Å². The fourth-order valence-electron chi connectivity index (χ4n) is 4.53. The molecule has 2 saturated heterocycles. The second kappa shape index (κ2) is 11.2. The van der Waals surface area contributed by atoms with Crippen LogP contribution in [0.3, 0.4) is 0 Å². The molecule has 0 radical (unpaired) electrons. The molecule has 1 amide bonds. The number of hydrogen-bond acceptors (Lipinski definition) is 7. The van der Waals surface area contributed by atoms with Gasteiger partial charge in [-0.2, -0.15) is 23.3 Å². The molecule has 12 heteroatoms. The Bertz CT molecular complexity index is 987. The van der Waals surface area contributed by atoms with Gasteiger partial charge in [0.25, 0.3) is 0 Å². The molecule has 0 aromatic carbocycles. The number of carbonyl (C=O) groups is 1. The Hall–Kier alpha value is -2.89. The summed E-state index contributed by atoms with van der Waals surface area (Å²) in [5, 5.41) is 10.2. The summed E-state index contributed by atoms with van der Waals surface area (Å²) in [5.41, 5.74) is -0.301. The van der Waals surface area contributed by atoms with Crippen LogP contribution in [0.2, 0.25) is 0 Å². The summed E-state index contributed by atoms with van der Waals surface area (Å²) >= 11 is 0. The Balaban J connectivity index is 1.38. The molecule has 2 aliphatic heterocycles. The molecule has 2 aliphatic rings. The smallest absolute Gasteiger partial charge is 0.369 e. The van der Waals surface area contributed by atoms with Crippen molar-refractivity contribution in [1.29, 1.82) is 0 Å². The SMILES string of the molecule is CN1CCC(n2cc(Nc3ncc(C(F)(F)F)c(NCCCN4CCCCCC4=O)n3)cn2)CC1. The molecular weight excluding hydrogens is 461 g/mol. The van der Waals surface area contributed by atoms with Gasteiger partial charge in [0.05, 0.1) is 17.9 Å². The highest BCUT2D eigenvalue weighted by atomic mass is 19.4. The molecule has 192 valence electrons. The van der Waals surface area contributed by atoms with Crippen molar-refractivity contribution in [3.05, 3.63) is 24.2 Å². The molecule has 4 rings (SSSR count). The lowest BCUT2D eigenvalue weighted by atomic mass is 10.1. The number of nitrogens with one attached hydrogen (secondary N) is 2. The van der Waals surface area contributed by atoms with E-state index >= 15 is 0 Å². The Morgan fingerprint density at radius 2 is 1.91 bits per heavy atom. The highest BCUT2D eigenvalue weighted by Gasteiger charge is 2.35. The summed E-state index contributed by atoms with van der Waals surface area (Å²) in [6.07, 6.45) is 5.62. The molecule has 0 unspecified atom stereocenters. The summed E-state index contributed by atoms with van der Waals surface area (Å²) in [4.78, 5) is 24.2. The second-order valence-electron chi connectivity index (χ2n) is 9.29. The van der Waals surface area contributed by atoms with E-state index in [1.54, 1.807) is 11.1 Å². The van der Waals surface area contributed by atoms with Crippen molar-refractivity contribution in [2.24, 2.45) is 0 Å². The molecule has 2 aromatic rings. The number of likely N-dealkylation sites (tertiary alicyclic amines) is 2. The predicted octanol–water partition coefficient (Wildman–Crippen LogP) is 3.91. The lowest BCUT2D eigenvalue weighted by Gasteiger charge is -2.28. The van der Waals surface area contributed by atoms with Crippen LogP contribution in [-0.2, 0) is 11.0 Å². The number of halogens is 3. The summed E-state index contributed by atoms with van der Waals surface area (Å²) in [6.45, 7) is 3.48. The van der Waals surface area contributed by atoms with Crippen LogP contribution < -0.4 is 10.6 Å². The molecule has 4 heterocycles. The molecule has 35 heavy (non-hydrogen) atoms. The van der Waals surface area contributed by atoms with E-state index in [1.807, 2.05) is 10.9 Å². The van der Waals surface area contributed by atoms with Crippen molar-refractivity contribution < 1.29 is 18.0 Å². The largest absolute Gasteiger partial charge is 0.421 e. The van der Waals surface area contributed by atoms with Crippen molar-refractivity contribution in [2.45, 2.75) is 57.2 Å². The summed E-state index contributed by atoms with van der Waals surface area (Å²) in [5.74, 6) is -0.0983. The third-order valence-corrected chi connectivity index (χ3v) is 6.58. The topological polar surface area (TPSA) is 91.2 Å². The number of piperidine rings is 1. The van der Waals surface area contributed by atoms with Gasteiger partial charge in [0, 0.05) is 38.4 Å². The van der Waals surface area contributed by atoms with Crippen LogP contribution in [0.25, 0.3) is 0 Å². The average molecular weight is 495 g/mol. The Morgan fingerprint density at radius 3 is 2.69 bits per heavy atom. The van der Waals surface area contributed by atoms with Crippen LogP contribution in [0.15, 0.2) is 18.6 Å². The highest BCUT2D eigenvalue weighted by Crippen LogP contribution is 2.34. The number of nitrogens with zero attached hydrogens (tertiary/aromatic N) is 6. The quantitative estimate of drug-likeness (QED) is 0.538. The third kappa shape index (κ3) is 6.83. The molecule has 0 spiro atoms. The lowest BCUT2D eigenvalue weighted by molar-refractivity contribution is -0.137. The first kappa shape index (κ1) is 25.2. The zero-order valence-corrected chi connectivity index (χ0v) is 20.0. The van der Waals surface area contributed by atoms with Gasteiger partial charge in [-0.1, -0.05) is 6.42 Å². The van der Waals surface area contributed by atoms with E-state index in [9.17, 15) is 18.0 Å². The Morgan fingerprint density at radius 1 is 1.11 bits per heavy atom. The maximum atomic E-state index is 13.5. The van der Waals surface area contributed by atoms with Gasteiger partial charge in [0.15, 0.2) is 0 Å². The molecule has 0 aliphatic carbocycles. The fraction of sp³-hybridized carbons (Fsp3) is 0.652. The molecule has 0 saturated carbocycles. The monoisotopic (exact) mass is 494 g/mol. The zero-order valence-electron chi connectivity index (χ0n) is 20.0. The number of rotatable bonds is 8. The van der Waals surface area contributed by atoms with E-state index in [2.05, 4.69) is 37.6 Å². The summed E-state index contributed by atoms with van der Waals surface area (Å²) in [7, 11) is 2.09. The van der Waals surface area contributed by atoms with Gasteiger partial charge >= 0.3 is 6.18 Å². The highest BCUT2D eigenvalue weighted by molar-refractivity contribution is 5.76. The molecular formula is C23H33F3N8O. The van der Waals surface area contributed by atoms with E-state index in [-0.39, 0.29) is 24.2 Å². The number of alkyl halides is 3. The first-order chi connectivity index (χ1) is 16.8. The van der Waals surface area contributed by atoms with Crippen molar-refractivity contribution in [3.8, 4) is 0 Å². The second-order valence-corrected chi connectivity index (χ2v) is 9.29. The van der Waals surface area contributed by atoms with Gasteiger partial charge in [-0.25, -0.2) is 4.98 Å². The zero-order chi connectivity index (χ0) is 24.8. The van der Waals surface area contributed by atoms with E-state index in [1.165, 1.54) is 0 Å². The van der Waals surface area contributed by atoms with Crippen molar-refractivity contribution in [3.63, 3.8) is 0 Å². The Labute approximate surface area is 203 Å². The fourth-order valence-corrected chi connectivity index (χ4v) is 4.53. The van der Waals surface area contributed by atoms with Crippen molar-refractivity contribution in [2.75, 3.05) is 50.4 Å². The maximum Gasteiger partial charge on any atom is 0.421 e. The third-order valence-electron chi connectivity index (χ3n) is 6.58. The van der Waals surface area contributed by atoms with Crippen LogP contribution in [-0.4, -0.2) is 75.2 Å². The molecule has 9 nitrogen and oxygen atoms in total. The van der Waals surface area contributed by atoms with Crippen LogP contribution in [0.4, 0.5) is 30.6 Å². The first-order valence-corrected chi connectivity index (χ1v) is 12.3. The van der Waals surface area contributed by atoms with Crippen molar-refractivity contribution >= 4 is 23.4 Å². The number of anilines is 3. The lowest BCUT2D eigenvalue weighted by Crippen LogP contribution is -2.32. The van der Waals surface area contributed by atoms with Crippen LogP contribution in [0, 0.1) is 0 Å². The summed E-state index contributed by atoms with van der Waals surface area (Å²) in [6, 6.07) is 0.295. The number of amides is 1. The first-order valence-electron chi connectivity index (χ1n) is 12.3. The van der Waals surface area contributed by atoms with Gasteiger partial charge in [-0.3, -0.25) is 9.48 Å². The number of aromatic nitrogens is 4. The standard InChI is InChI=1S/C23H33F3N8O/c1-32-12-7-18(8-13-32)34-16-17(14-29-34)30-22-28-15-19(23(24,25)26)21(31-22)27-9-5-11-33-10-4-2-3-6-20(33)35/h14-16,18H,2-13H2,1H3,(H2,27,28,30,31). The van der Waals surface area contributed by atoms with E-state index in [0.29, 0.717) is 37.7 Å². The molecule has 0 bridgehead atoms.